The number of nitrogens with one attached hydrogen (secondary N) is 1. The predicted octanol–water partition coefficient (Wildman–Crippen LogP) is 8.21. The highest BCUT2D eigenvalue weighted by atomic mass is 32.2. The van der Waals surface area contributed by atoms with Crippen molar-refractivity contribution >= 4 is 28.6 Å². The second-order valence-electron chi connectivity index (χ2n) is 11.7. The third-order valence-corrected chi connectivity index (χ3v) is 8.46. The van der Waals surface area contributed by atoms with Gasteiger partial charge in [0, 0.05) is 23.5 Å². The van der Waals surface area contributed by atoms with Crippen molar-refractivity contribution in [2.24, 2.45) is 4.99 Å². The van der Waals surface area contributed by atoms with Gasteiger partial charge in [0.1, 0.15) is 12.1 Å². The Labute approximate surface area is 264 Å². The molecule has 3 aromatic carbocycles. The van der Waals surface area contributed by atoms with Crippen LogP contribution in [0.25, 0.3) is 17.1 Å². The number of rotatable bonds is 7. The molecule has 0 bridgehead atoms. The van der Waals surface area contributed by atoms with Crippen LogP contribution in [0.5, 0.6) is 5.75 Å². The van der Waals surface area contributed by atoms with Crippen molar-refractivity contribution < 1.29 is 22.7 Å². The smallest absolute Gasteiger partial charge is 0.406 e. The third-order valence-electron chi connectivity index (χ3n) is 7.39. The maximum Gasteiger partial charge on any atom is 0.573 e. The molecule has 12 heteroatoms. The van der Waals surface area contributed by atoms with Gasteiger partial charge < -0.3 is 15.0 Å². The van der Waals surface area contributed by atoms with Gasteiger partial charge in [0.25, 0.3) is 0 Å². The number of alkyl halides is 3. The van der Waals surface area contributed by atoms with Crippen molar-refractivity contribution in [3.63, 3.8) is 0 Å². The van der Waals surface area contributed by atoms with Gasteiger partial charge in [-0.2, -0.15) is 4.99 Å². The third kappa shape index (κ3) is 7.86. The van der Waals surface area contributed by atoms with Gasteiger partial charge in [-0.3, -0.25) is 0 Å². The molecule has 0 atom stereocenters. The van der Waals surface area contributed by atoms with E-state index in [0.717, 1.165) is 41.1 Å². The number of carbonyl (C=O) groups excluding carboxylic acids is 1. The van der Waals surface area contributed by atoms with E-state index >= 15 is 0 Å². The lowest BCUT2D eigenvalue weighted by atomic mass is 9.93. The van der Waals surface area contributed by atoms with Crippen LogP contribution in [-0.2, 0) is 5.54 Å². The molecule has 1 aromatic heterocycles. The zero-order chi connectivity index (χ0) is 32.4. The van der Waals surface area contributed by atoms with Gasteiger partial charge in [0.15, 0.2) is 11.0 Å². The second-order valence-corrected chi connectivity index (χ2v) is 12.7. The Balaban J connectivity index is 1.28. The molecule has 0 aliphatic carbocycles. The van der Waals surface area contributed by atoms with Crippen LogP contribution in [-0.4, -0.2) is 44.6 Å². The van der Waals surface area contributed by atoms with Crippen LogP contribution >= 0.6 is 11.8 Å². The van der Waals surface area contributed by atoms with E-state index in [1.807, 2.05) is 38.1 Å². The van der Waals surface area contributed by atoms with Gasteiger partial charge in [-0.05, 0) is 80.1 Å². The van der Waals surface area contributed by atoms with Crippen molar-refractivity contribution in [2.75, 3.05) is 17.2 Å². The molecule has 0 unspecified atom stereocenters. The predicted molar refractivity (Wildman–Crippen MR) is 172 cm³/mol. The number of hydrogen-bond acceptors (Lipinski definition) is 5. The monoisotopic (exact) mass is 636 g/mol. The second kappa shape index (κ2) is 13.0. The summed E-state index contributed by atoms with van der Waals surface area (Å²) in [5.41, 5.74) is 4.91. The summed E-state index contributed by atoms with van der Waals surface area (Å²) in [6.45, 7) is 11.0. The number of thioether (sulfide) groups is 1. The Morgan fingerprint density at radius 1 is 1.04 bits per heavy atom. The van der Waals surface area contributed by atoms with Crippen LogP contribution in [0.3, 0.4) is 0 Å². The molecule has 236 valence electrons. The van der Waals surface area contributed by atoms with E-state index in [4.69, 9.17) is 0 Å². The summed E-state index contributed by atoms with van der Waals surface area (Å²) >= 11 is 1.59. The number of carbonyl (C=O) groups is 1. The molecule has 8 nitrogen and oxygen atoms in total. The highest BCUT2D eigenvalue weighted by Gasteiger charge is 2.31. The lowest BCUT2D eigenvalue weighted by Crippen LogP contribution is -2.41. The minimum atomic E-state index is -4.76. The average Bonchev–Trinajstić information content (AvgIpc) is 3.47. The number of amides is 2. The Bertz CT molecular complexity index is 1680. The first-order valence-corrected chi connectivity index (χ1v) is 15.6. The summed E-state index contributed by atoms with van der Waals surface area (Å²) in [5, 5.41) is 8.22. The van der Waals surface area contributed by atoms with Gasteiger partial charge in [0.2, 0.25) is 0 Å². The van der Waals surface area contributed by atoms with Gasteiger partial charge in [0.05, 0.1) is 11.2 Å². The fourth-order valence-electron chi connectivity index (χ4n) is 5.06. The molecule has 2 heterocycles. The van der Waals surface area contributed by atoms with Crippen LogP contribution in [0.15, 0.2) is 78.0 Å². The number of amidine groups is 1. The number of benzene rings is 3. The largest absolute Gasteiger partial charge is 0.573 e. The van der Waals surface area contributed by atoms with Gasteiger partial charge in [-0.25, -0.2) is 14.5 Å². The molecule has 2 amide bonds. The molecule has 5 rings (SSSR count). The summed E-state index contributed by atoms with van der Waals surface area (Å²) in [7, 11) is 0. The molecule has 1 fully saturated rings. The first-order chi connectivity index (χ1) is 21.3. The number of aliphatic imine (C=N–C) groups is 1. The number of ether oxygens (including phenoxy) is 1. The van der Waals surface area contributed by atoms with E-state index in [2.05, 4.69) is 69.0 Å². The molecule has 1 N–H and O–H groups in total. The fourth-order valence-corrected chi connectivity index (χ4v) is 6.01. The molecule has 4 aromatic rings. The fraction of sp³-hybridized carbons (Fsp3) is 0.333. The van der Waals surface area contributed by atoms with E-state index in [0.29, 0.717) is 22.6 Å². The Morgan fingerprint density at radius 3 is 2.42 bits per heavy atom. The van der Waals surface area contributed by atoms with Crippen LogP contribution in [0.1, 0.15) is 56.7 Å². The maximum absolute atomic E-state index is 13.3. The summed E-state index contributed by atoms with van der Waals surface area (Å²) < 4.78 is 42.8. The molecular weight excluding hydrogens is 601 g/mol. The van der Waals surface area contributed by atoms with Crippen LogP contribution in [0.2, 0.25) is 0 Å². The molecule has 45 heavy (non-hydrogen) atoms. The van der Waals surface area contributed by atoms with E-state index in [1.165, 1.54) is 40.8 Å². The number of halogens is 3. The zero-order valence-corrected chi connectivity index (χ0v) is 26.5. The zero-order valence-electron chi connectivity index (χ0n) is 25.7. The van der Waals surface area contributed by atoms with E-state index in [9.17, 15) is 18.0 Å². The normalized spacial score (nSPS) is 15.0. The average molecular weight is 637 g/mol. The van der Waals surface area contributed by atoms with E-state index in [1.54, 1.807) is 11.8 Å². The molecule has 1 aliphatic heterocycles. The highest BCUT2D eigenvalue weighted by molar-refractivity contribution is 8.14. The van der Waals surface area contributed by atoms with E-state index < -0.39 is 17.9 Å². The standard InChI is InChI=1S/C33H35F3N6O2S/c1-21(2)27-16-7-22(3)19-28(27)41-17-6-18-45-31(41)38-30(43)39-32(4,5)24-10-8-23(9-11-24)29-37-20-42(40-29)25-12-14-26(15-13-25)44-33(34,35)36/h7-16,19-21H,6,17-18H2,1-5H3,(H,39,43)/b38-31-. The first kappa shape index (κ1) is 32.1. The summed E-state index contributed by atoms with van der Waals surface area (Å²) in [4.78, 5) is 24.3. The van der Waals surface area contributed by atoms with Gasteiger partial charge >= 0.3 is 12.4 Å². The summed E-state index contributed by atoms with van der Waals surface area (Å²) in [6, 6.07) is 18.9. The molecule has 0 saturated carbocycles. The Kier molecular flexibility index (Phi) is 9.24. The summed E-state index contributed by atoms with van der Waals surface area (Å²) in [5.74, 6) is 1.36. The van der Waals surface area contributed by atoms with Crippen molar-refractivity contribution in [1.82, 2.24) is 20.1 Å². The van der Waals surface area contributed by atoms with Crippen LogP contribution in [0, 0.1) is 6.92 Å². The highest BCUT2D eigenvalue weighted by Crippen LogP contribution is 2.33. The number of aryl methyl sites for hydroxylation is 1. The van der Waals surface area contributed by atoms with Crippen LogP contribution in [0.4, 0.5) is 23.7 Å². The molecule has 1 saturated heterocycles. The SMILES string of the molecule is Cc1ccc(C(C)C)c(N2CCCS/C2=N\C(=O)NC(C)(C)c2ccc(-c3ncn(-c4ccc(OC(F)(F)F)cc4)n3)cc2)c1. The van der Waals surface area contributed by atoms with Crippen molar-refractivity contribution in [3.05, 3.63) is 89.7 Å². The Morgan fingerprint density at radius 2 is 1.76 bits per heavy atom. The number of hydrogen-bond donors (Lipinski definition) is 1. The number of nitrogens with zero attached hydrogens (tertiary/aromatic N) is 5. The number of urea groups is 1. The topological polar surface area (TPSA) is 84.6 Å². The molecule has 0 spiro atoms. The minimum absolute atomic E-state index is 0.315. The molecule has 1 aliphatic rings. The number of anilines is 1. The minimum Gasteiger partial charge on any atom is -0.406 e. The lowest BCUT2D eigenvalue weighted by Gasteiger charge is -2.32. The Hall–Kier alpha value is -4.32. The quantitative estimate of drug-likeness (QED) is 0.220. The van der Waals surface area contributed by atoms with E-state index in [-0.39, 0.29) is 5.75 Å². The van der Waals surface area contributed by atoms with Gasteiger partial charge in [-0.15, -0.1) is 18.3 Å². The molecule has 0 radical (unpaired) electrons. The first-order valence-electron chi connectivity index (χ1n) is 14.6. The lowest BCUT2D eigenvalue weighted by molar-refractivity contribution is -0.274. The van der Waals surface area contributed by atoms with Crippen LogP contribution < -0.4 is 15.0 Å². The van der Waals surface area contributed by atoms with Crippen molar-refractivity contribution in [1.29, 1.82) is 0 Å². The number of aromatic nitrogens is 3. The van der Waals surface area contributed by atoms with Crippen molar-refractivity contribution in [3.8, 4) is 22.8 Å². The molecular formula is C33H35F3N6O2S. The maximum atomic E-state index is 13.3. The summed E-state index contributed by atoms with van der Waals surface area (Å²) in [6.07, 6.45) is -2.27. The van der Waals surface area contributed by atoms with Crippen molar-refractivity contribution in [2.45, 2.75) is 58.9 Å². The van der Waals surface area contributed by atoms with Gasteiger partial charge in [-0.1, -0.05) is 62.0 Å².